The largest absolute Gasteiger partial charge is 0.467 e. The third kappa shape index (κ3) is 2.60. The van der Waals surface area contributed by atoms with Gasteiger partial charge in [-0.25, -0.2) is 9.59 Å². The van der Waals surface area contributed by atoms with Crippen LogP contribution in [0.5, 0.6) is 0 Å². The molecule has 4 atom stereocenters. The van der Waals surface area contributed by atoms with Crippen molar-refractivity contribution in [1.82, 2.24) is 4.90 Å². The van der Waals surface area contributed by atoms with Gasteiger partial charge in [-0.2, -0.15) is 0 Å². The first kappa shape index (κ1) is 15.1. The maximum absolute atomic E-state index is 12.3. The first-order chi connectivity index (χ1) is 9.26. The van der Waals surface area contributed by atoms with Gasteiger partial charge in [-0.1, -0.05) is 0 Å². The SMILES string of the molecule is COC(=O)[C@H]1[C@@H](O)[C@H]2COC[C@H]2N1C(=O)OC(C)(C)C. The van der Waals surface area contributed by atoms with Crippen LogP contribution in [0.2, 0.25) is 0 Å². The van der Waals surface area contributed by atoms with Crippen molar-refractivity contribution in [3.05, 3.63) is 0 Å². The van der Waals surface area contributed by atoms with Crippen LogP contribution in [-0.4, -0.2) is 66.2 Å². The van der Waals surface area contributed by atoms with Crippen molar-refractivity contribution < 1.29 is 28.9 Å². The molecule has 0 unspecified atom stereocenters. The van der Waals surface area contributed by atoms with E-state index < -0.39 is 29.8 Å². The predicted octanol–water partition coefficient (Wildman–Crippen LogP) is 0.155. The quantitative estimate of drug-likeness (QED) is 0.691. The van der Waals surface area contributed by atoms with Crippen molar-refractivity contribution in [2.75, 3.05) is 20.3 Å². The van der Waals surface area contributed by atoms with Gasteiger partial charge >= 0.3 is 12.1 Å². The van der Waals surface area contributed by atoms with Gasteiger partial charge in [0.25, 0.3) is 0 Å². The van der Waals surface area contributed by atoms with Crippen LogP contribution in [0.3, 0.4) is 0 Å². The van der Waals surface area contributed by atoms with Crippen LogP contribution in [0.4, 0.5) is 4.79 Å². The Morgan fingerprint density at radius 3 is 2.50 bits per heavy atom. The van der Waals surface area contributed by atoms with E-state index in [1.54, 1.807) is 20.8 Å². The zero-order valence-electron chi connectivity index (χ0n) is 12.2. The molecule has 2 rings (SSSR count). The highest BCUT2D eigenvalue weighted by molar-refractivity contribution is 5.83. The van der Waals surface area contributed by atoms with E-state index >= 15 is 0 Å². The summed E-state index contributed by atoms with van der Waals surface area (Å²) in [6.45, 7) is 5.83. The number of ether oxygens (including phenoxy) is 3. The standard InChI is InChI=1S/C13H21NO6/c1-13(2,3)20-12(17)14-8-6-19-5-7(8)10(15)9(14)11(16)18-4/h7-10,15H,5-6H2,1-4H3/t7-,8+,9+,10-/m0/s1. The van der Waals surface area contributed by atoms with Crippen LogP contribution in [0.15, 0.2) is 0 Å². The number of aliphatic hydroxyl groups is 1. The molecule has 2 aliphatic heterocycles. The molecule has 0 spiro atoms. The van der Waals surface area contributed by atoms with Crippen molar-refractivity contribution in [2.45, 2.75) is 44.6 Å². The second-order valence-electron chi connectivity index (χ2n) is 6.11. The summed E-state index contributed by atoms with van der Waals surface area (Å²) in [5, 5.41) is 10.2. The lowest BCUT2D eigenvalue weighted by atomic mass is 9.99. The minimum atomic E-state index is -1.03. The van der Waals surface area contributed by atoms with Gasteiger partial charge in [0.2, 0.25) is 0 Å². The molecule has 7 nitrogen and oxygen atoms in total. The topological polar surface area (TPSA) is 85.3 Å². The number of carbonyl (C=O) groups is 2. The van der Waals surface area contributed by atoms with E-state index in [1.165, 1.54) is 12.0 Å². The summed E-state index contributed by atoms with van der Waals surface area (Å²) in [7, 11) is 1.23. The second-order valence-corrected chi connectivity index (χ2v) is 6.11. The number of likely N-dealkylation sites (tertiary alicyclic amines) is 1. The van der Waals surface area contributed by atoms with Gasteiger partial charge < -0.3 is 19.3 Å². The highest BCUT2D eigenvalue weighted by atomic mass is 16.6. The molecule has 20 heavy (non-hydrogen) atoms. The Morgan fingerprint density at radius 2 is 1.95 bits per heavy atom. The highest BCUT2D eigenvalue weighted by Crippen LogP contribution is 2.36. The zero-order chi connectivity index (χ0) is 15.1. The molecule has 0 aromatic rings. The van der Waals surface area contributed by atoms with Gasteiger partial charge in [-0.05, 0) is 20.8 Å². The van der Waals surface area contributed by atoms with E-state index in [2.05, 4.69) is 0 Å². The molecule has 2 heterocycles. The molecule has 2 aliphatic rings. The Bertz CT molecular complexity index is 404. The maximum Gasteiger partial charge on any atom is 0.411 e. The molecule has 0 aliphatic carbocycles. The average molecular weight is 287 g/mol. The van der Waals surface area contributed by atoms with Gasteiger partial charge in [0.1, 0.15) is 5.60 Å². The summed E-state index contributed by atoms with van der Waals surface area (Å²) in [6.07, 6.45) is -1.63. The summed E-state index contributed by atoms with van der Waals surface area (Å²) < 4.78 is 15.3. The average Bonchev–Trinajstić information content (AvgIpc) is 2.88. The van der Waals surface area contributed by atoms with E-state index in [0.717, 1.165) is 0 Å². The van der Waals surface area contributed by atoms with E-state index in [4.69, 9.17) is 14.2 Å². The Kier molecular flexibility index (Phi) is 3.93. The molecule has 0 saturated carbocycles. The van der Waals surface area contributed by atoms with Gasteiger partial charge in [0.15, 0.2) is 6.04 Å². The van der Waals surface area contributed by atoms with Crippen molar-refractivity contribution in [3.8, 4) is 0 Å². The number of fused-ring (bicyclic) bond motifs is 1. The van der Waals surface area contributed by atoms with Crippen LogP contribution in [-0.2, 0) is 19.0 Å². The number of aliphatic hydroxyl groups excluding tert-OH is 1. The molecule has 1 amide bonds. The lowest BCUT2D eigenvalue weighted by Crippen LogP contribution is -2.50. The number of esters is 1. The summed E-state index contributed by atoms with van der Waals surface area (Å²) in [4.78, 5) is 25.4. The molecule has 0 bridgehead atoms. The van der Waals surface area contributed by atoms with E-state index in [1.807, 2.05) is 0 Å². The lowest BCUT2D eigenvalue weighted by molar-refractivity contribution is -0.149. The van der Waals surface area contributed by atoms with Crippen LogP contribution >= 0.6 is 0 Å². The Morgan fingerprint density at radius 1 is 1.30 bits per heavy atom. The Labute approximate surface area is 117 Å². The molecule has 0 aromatic heterocycles. The van der Waals surface area contributed by atoms with E-state index in [9.17, 15) is 14.7 Å². The Balaban J connectivity index is 2.25. The summed E-state index contributed by atoms with van der Waals surface area (Å²) in [5.41, 5.74) is -0.680. The monoisotopic (exact) mass is 287 g/mol. The van der Waals surface area contributed by atoms with E-state index in [0.29, 0.717) is 6.61 Å². The van der Waals surface area contributed by atoms with Gasteiger partial charge in [-0.15, -0.1) is 0 Å². The number of carbonyl (C=O) groups excluding carboxylic acids is 2. The van der Waals surface area contributed by atoms with Crippen LogP contribution in [0.1, 0.15) is 20.8 Å². The molecule has 1 N–H and O–H groups in total. The minimum absolute atomic E-state index is 0.286. The fraction of sp³-hybridized carbons (Fsp3) is 0.846. The number of rotatable bonds is 1. The molecular formula is C13H21NO6. The number of hydrogen-bond acceptors (Lipinski definition) is 6. The molecular weight excluding hydrogens is 266 g/mol. The summed E-state index contributed by atoms with van der Waals surface area (Å²) >= 11 is 0. The second kappa shape index (κ2) is 5.21. The van der Waals surface area contributed by atoms with Gasteiger partial charge in [0.05, 0.1) is 32.5 Å². The third-order valence-corrected chi connectivity index (χ3v) is 3.56. The number of amides is 1. The molecule has 0 aromatic carbocycles. The molecule has 114 valence electrons. The maximum atomic E-state index is 12.3. The van der Waals surface area contributed by atoms with Crippen LogP contribution < -0.4 is 0 Å². The summed E-state index contributed by atoms with van der Waals surface area (Å²) in [6, 6.07) is -1.39. The fourth-order valence-electron chi connectivity index (χ4n) is 2.71. The van der Waals surface area contributed by atoms with Crippen molar-refractivity contribution >= 4 is 12.1 Å². The normalized spacial score (nSPS) is 33.0. The first-order valence-electron chi connectivity index (χ1n) is 6.61. The number of hydrogen-bond donors (Lipinski definition) is 1. The fourth-order valence-corrected chi connectivity index (χ4v) is 2.71. The first-order valence-corrected chi connectivity index (χ1v) is 6.61. The molecule has 7 heteroatoms. The Hall–Kier alpha value is -1.34. The van der Waals surface area contributed by atoms with E-state index in [-0.39, 0.29) is 18.6 Å². The molecule has 0 radical (unpaired) electrons. The minimum Gasteiger partial charge on any atom is -0.467 e. The third-order valence-electron chi connectivity index (χ3n) is 3.56. The van der Waals surface area contributed by atoms with Crippen molar-refractivity contribution in [2.24, 2.45) is 5.92 Å². The smallest absolute Gasteiger partial charge is 0.411 e. The number of methoxy groups -OCH3 is 1. The van der Waals surface area contributed by atoms with Gasteiger partial charge in [-0.3, -0.25) is 4.90 Å². The highest BCUT2D eigenvalue weighted by Gasteiger charge is 2.57. The summed E-state index contributed by atoms with van der Waals surface area (Å²) in [5.74, 6) is -0.927. The molecule has 2 saturated heterocycles. The van der Waals surface area contributed by atoms with Crippen molar-refractivity contribution in [3.63, 3.8) is 0 Å². The van der Waals surface area contributed by atoms with Crippen molar-refractivity contribution in [1.29, 1.82) is 0 Å². The van der Waals surface area contributed by atoms with Crippen LogP contribution in [0.25, 0.3) is 0 Å². The number of nitrogens with zero attached hydrogens (tertiary/aromatic N) is 1. The lowest BCUT2D eigenvalue weighted by Gasteiger charge is -2.30. The van der Waals surface area contributed by atoms with Gasteiger partial charge in [0, 0.05) is 5.92 Å². The zero-order valence-corrected chi connectivity index (χ0v) is 12.2. The predicted molar refractivity (Wildman–Crippen MR) is 68.0 cm³/mol. The molecule has 2 fully saturated rings. The van der Waals surface area contributed by atoms with Crippen LogP contribution in [0, 0.1) is 5.92 Å².